The number of fused-ring (bicyclic) bond motifs is 2. The number of halogens is 2. The number of aromatic nitrogens is 1. The number of nitrogens with one attached hydrogen (secondary N) is 2. The molecule has 0 spiro atoms. The van der Waals surface area contributed by atoms with E-state index >= 15 is 0 Å². The van der Waals surface area contributed by atoms with Crippen LogP contribution in [0.4, 0.5) is 14.5 Å². The molecule has 0 radical (unpaired) electrons. The standard InChI is InChI=1S/C23H21F2N3O2/c1-4-21(29)28-6-5-17-14(11-28)7-15(24)10-20(17)27-23(30)19-9-16(25)8-18-12(2)13(3)26-22(18)19/h4,7-10,26H,1,5-6,11H2,2-3H3,(H,27,30). The van der Waals surface area contributed by atoms with Gasteiger partial charge in [0.05, 0.1) is 11.1 Å². The van der Waals surface area contributed by atoms with Crippen molar-refractivity contribution in [2.24, 2.45) is 0 Å². The predicted molar refractivity (Wildman–Crippen MR) is 111 cm³/mol. The van der Waals surface area contributed by atoms with E-state index in [-0.39, 0.29) is 18.0 Å². The maximum Gasteiger partial charge on any atom is 0.257 e. The molecule has 1 aliphatic heterocycles. The van der Waals surface area contributed by atoms with Crippen molar-refractivity contribution in [1.29, 1.82) is 0 Å². The first-order valence-electron chi connectivity index (χ1n) is 9.61. The van der Waals surface area contributed by atoms with Crippen molar-refractivity contribution in [3.05, 3.63) is 76.5 Å². The van der Waals surface area contributed by atoms with Gasteiger partial charge in [-0.1, -0.05) is 6.58 Å². The minimum Gasteiger partial charge on any atom is -0.358 e. The highest BCUT2D eigenvalue weighted by molar-refractivity contribution is 6.13. The lowest BCUT2D eigenvalue weighted by Crippen LogP contribution is -2.35. The van der Waals surface area contributed by atoms with Crippen LogP contribution in [0.5, 0.6) is 0 Å². The molecule has 2 heterocycles. The van der Waals surface area contributed by atoms with Crippen LogP contribution in [0.3, 0.4) is 0 Å². The first-order chi connectivity index (χ1) is 14.3. The number of rotatable bonds is 3. The van der Waals surface area contributed by atoms with E-state index in [9.17, 15) is 18.4 Å². The Kier molecular flexibility index (Phi) is 4.89. The van der Waals surface area contributed by atoms with E-state index < -0.39 is 17.5 Å². The predicted octanol–water partition coefficient (Wildman–Crippen LogP) is 4.39. The van der Waals surface area contributed by atoms with Crippen molar-refractivity contribution in [2.45, 2.75) is 26.8 Å². The van der Waals surface area contributed by atoms with Gasteiger partial charge in [0.25, 0.3) is 5.91 Å². The molecule has 4 rings (SSSR count). The summed E-state index contributed by atoms with van der Waals surface area (Å²) < 4.78 is 28.4. The monoisotopic (exact) mass is 409 g/mol. The van der Waals surface area contributed by atoms with E-state index in [4.69, 9.17) is 0 Å². The molecule has 0 saturated heterocycles. The first-order valence-corrected chi connectivity index (χ1v) is 9.61. The molecule has 154 valence electrons. The van der Waals surface area contributed by atoms with Gasteiger partial charge in [0.2, 0.25) is 5.91 Å². The third kappa shape index (κ3) is 3.36. The Labute approximate surface area is 172 Å². The summed E-state index contributed by atoms with van der Waals surface area (Å²) in [6, 6.07) is 5.18. The molecule has 0 unspecified atom stereocenters. The number of carbonyl (C=O) groups excluding carboxylic acids is 2. The Balaban J connectivity index is 1.71. The van der Waals surface area contributed by atoms with Crippen molar-refractivity contribution in [2.75, 3.05) is 11.9 Å². The van der Waals surface area contributed by atoms with Gasteiger partial charge in [-0.3, -0.25) is 9.59 Å². The van der Waals surface area contributed by atoms with Gasteiger partial charge >= 0.3 is 0 Å². The number of benzene rings is 2. The quantitative estimate of drug-likeness (QED) is 0.631. The molecule has 2 N–H and O–H groups in total. The Bertz CT molecular complexity index is 1210. The fourth-order valence-corrected chi connectivity index (χ4v) is 3.98. The molecule has 0 fully saturated rings. The molecule has 3 aromatic rings. The van der Waals surface area contributed by atoms with Crippen molar-refractivity contribution < 1.29 is 18.4 Å². The smallest absolute Gasteiger partial charge is 0.257 e. The van der Waals surface area contributed by atoms with Gasteiger partial charge in [-0.05, 0) is 67.3 Å². The Morgan fingerprint density at radius 3 is 2.63 bits per heavy atom. The van der Waals surface area contributed by atoms with Crippen molar-refractivity contribution in [1.82, 2.24) is 9.88 Å². The molecule has 30 heavy (non-hydrogen) atoms. The van der Waals surface area contributed by atoms with Crippen LogP contribution < -0.4 is 5.32 Å². The molecule has 5 nitrogen and oxygen atoms in total. The number of aryl methyl sites for hydroxylation is 2. The van der Waals surface area contributed by atoms with Crippen LogP contribution in [0.25, 0.3) is 10.9 Å². The number of amides is 2. The van der Waals surface area contributed by atoms with E-state index in [0.29, 0.717) is 35.1 Å². The summed E-state index contributed by atoms with van der Waals surface area (Å²) in [4.78, 5) is 29.6. The summed E-state index contributed by atoms with van der Waals surface area (Å²) >= 11 is 0. The second-order valence-electron chi connectivity index (χ2n) is 7.51. The van der Waals surface area contributed by atoms with Crippen LogP contribution in [0.15, 0.2) is 36.9 Å². The molecule has 0 atom stereocenters. The maximum atomic E-state index is 14.3. The SMILES string of the molecule is C=CC(=O)N1CCc2c(cc(F)cc2NC(=O)c2cc(F)cc3c(C)c(C)[nH]c23)C1. The number of anilines is 1. The molecular formula is C23H21F2N3O2. The fraction of sp³-hybridized carbons (Fsp3) is 0.217. The zero-order valence-corrected chi connectivity index (χ0v) is 16.7. The minimum absolute atomic E-state index is 0.151. The summed E-state index contributed by atoms with van der Waals surface area (Å²) in [5.74, 6) is -1.80. The van der Waals surface area contributed by atoms with E-state index in [2.05, 4.69) is 16.9 Å². The van der Waals surface area contributed by atoms with Gasteiger partial charge < -0.3 is 15.2 Å². The highest BCUT2D eigenvalue weighted by Gasteiger charge is 2.24. The van der Waals surface area contributed by atoms with Crippen molar-refractivity contribution in [3.8, 4) is 0 Å². The molecule has 7 heteroatoms. The third-order valence-corrected chi connectivity index (χ3v) is 5.66. The zero-order chi connectivity index (χ0) is 21.6. The second kappa shape index (κ2) is 7.40. The van der Waals surface area contributed by atoms with E-state index in [1.807, 2.05) is 13.8 Å². The number of nitrogens with zero attached hydrogens (tertiary/aromatic N) is 1. The van der Waals surface area contributed by atoms with Crippen LogP contribution in [-0.4, -0.2) is 28.2 Å². The first kappa shape index (κ1) is 19.8. The molecule has 2 amide bonds. The number of aromatic amines is 1. The second-order valence-corrected chi connectivity index (χ2v) is 7.51. The van der Waals surface area contributed by atoms with Crippen LogP contribution in [0.2, 0.25) is 0 Å². The zero-order valence-electron chi connectivity index (χ0n) is 16.7. The lowest BCUT2D eigenvalue weighted by Gasteiger charge is -2.29. The highest BCUT2D eigenvalue weighted by atomic mass is 19.1. The molecule has 1 aromatic heterocycles. The third-order valence-electron chi connectivity index (χ3n) is 5.66. The van der Waals surface area contributed by atoms with Gasteiger partial charge in [-0.15, -0.1) is 0 Å². The Morgan fingerprint density at radius 2 is 1.90 bits per heavy atom. The number of hydrogen-bond acceptors (Lipinski definition) is 2. The van der Waals surface area contributed by atoms with Crippen LogP contribution in [0, 0.1) is 25.5 Å². The van der Waals surface area contributed by atoms with Crippen molar-refractivity contribution >= 4 is 28.4 Å². The molecule has 0 aliphatic carbocycles. The van der Waals surface area contributed by atoms with E-state index in [1.54, 1.807) is 4.90 Å². The van der Waals surface area contributed by atoms with E-state index in [0.717, 1.165) is 16.8 Å². The van der Waals surface area contributed by atoms with Crippen LogP contribution in [-0.2, 0) is 17.8 Å². The molecule has 2 aromatic carbocycles. The average Bonchev–Trinajstić information content (AvgIpc) is 3.00. The number of carbonyl (C=O) groups is 2. The number of hydrogen-bond donors (Lipinski definition) is 2. The average molecular weight is 409 g/mol. The van der Waals surface area contributed by atoms with Gasteiger partial charge in [-0.2, -0.15) is 0 Å². The summed E-state index contributed by atoms with van der Waals surface area (Å²) in [5.41, 5.74) is 4.13. The van der Waals surface area contributed by atoms with Gasteiger partial charge in [0.1, 0.15) is 11.6 Å². The largest absolute Gasteiger partial charge is 0.358 e. The lowest BCUT2D eigenvalue weighted by molar-refractivity contribution is -0.126. The molecule has 0 saturated carbocycles. The Hall–Kier alpha value is -3.48. The summed E-state index contributed by atoms with van der Waals surface area (Å²) in [5, 5.41) is 3.38. The van der Waals surface area contributed by atoms with Gasteiger partial charge in [0, 0.05) is 29.9 Å². The van der Waals surface area contributed by atoms with Gasteiger partial charge in [-0.25, -0.2) is 8.78 Å². The van der Waals surface area contributed by atoms with Crippen LogP contribution in [0.1, 0.15) is 32.7 Å². The summed E-state index contributed by atoms with van der Waals surface area (Å²) in [7, 11) is 0. The fourth-order valence-electron chi connectivity index (χ4n) is 3.98. The Morgan fingerprint density at radius 1 is 1.17 bits per heavy atom. The van der Waals surface area contributed by atoms with Gasteiger partial charge in [0.15, 0.2) is 0 Å². The lowest BCUT2D eigenvalue weighted by atomic mass is 9.97. The summed E-state index contributed by atoms with van der Waals surface area (Å²) in [6.45, 7) is 7.87. The van der Waals surface area contributed by atoms with Crippen molar-refractivity contribution in [3.63, 3.8) is 0 Å². The van der Waals surface area contributed by atoms with Crippen LogP contribution >= 0.6 is 0 Å². The summed E-state index contributed by atoms with van der Waals surface area (Å²) in [6.07, 6.45) is 1.69. The molecule has 1 aliphatic rings. The normalized spacial score (nSPS) is 13.3. The van der Waals surface area contributed by atoms with E-state index in [1.165, 1.54) is 30.3 Å². The molecule has 0 bridgehead atoms. The minimum atomic E-state index is -0.529. The highest BCUT2D eigenvalue weighted by Crippen LogP contribution is 2.30. The topological polar surface area (TPSA) is 65.2 Å². The number of H-pyrrole nitrogens is 1. The molecular weight excluding hydrogens is 388 g/mol. The maximum absolute atomic E-state index is 14.3.